The van der Waals surface area contributed by atoms with Crippen molar-refractivity contribution in [1.82, 2.24) is 20.5 Å². The van der Waals surface area contributed by atoms with Crippen LogP contribution in [0.5, 0.6) is 11.5 Å². The standard InChI is InChI=1S/C11H9N5O4/c1-18-7-4-5(2-3-6(7)17)10-13-11(19-16-10)8-9(12)15-20-14-8/h2-4,17H,1H3,(H2,12,15). The number of rotatable bonds is 3. The van der Waals surface area contributed by atoms with Crippen molar-refractivity contribution >= 4 is 5.82 Å². The number of phenolic OH excluding ortho intramolecular Hbond substituents is 1. The maximum absolute atomic E-state index is 9.54. The van der Waals surface area contributed by atoms with Gasteiger partial charge in [-0.3, -0.25) is 0 Å². The molecule has 2 aromatic heterocycles. The summed E-state index contributed by atoms with van der Waals surface area (Å²) in [5.74, 6) is 0.761. The van der Waals surface area contributed by atoms with Crippen molar-refractivity contribution in [2.45, 2.75) is 0 Å². The van der Waals surface area contributed by atoms with Gasteiger partial charge in [0.05, 0.1) is 7.11 Å². The SMILES string of the molecule is COc1cc(-c2noc(-c3nonc3N)n2)ccc1O. The van der Waals surface area contributed by atoms with Crippen LogP contribution in [-0.4, -0.2) is 32.7 Å². The van der Waals surface area contributed by atoms with Gasteiger partial charge in [0.25, 0.3) is 5.89 Å². The lowest BCUT2D eigenvalue weighted by atomic mass is 10.2. The predicted molar refractivity (Wildman–Crippen MR) is 65.7 cm³/mol. The minimum Gasteiger partial charge on any atom is -0.504 e. The zero-order valence-electron chi connectivity index (χ0n) is 10.3. The topological polar surface area (TPSA) is 133 Å². The molecule has 3 rings (SSSR count). The number of phenols is 1. The van der Waals surface area contributed by atoms with Crippen LogP contribution in [0.1, 0.15) is 0 Å². The number of anilines is 1. The van der Waals surface area contributed by atoms with Gasteiger partial charge in [-0.15, -0.1) is 0 Å². The lowest BCUT2D eigenvalue weighted by Gasteiger charge is -2.03. The van der Waals surface area contributed by atoms with Crippen LogP contribution in [-0.2, 0) is 0 Å². The Hall–Kier alpha value is -3.10. The van der Waals surface area contributed by atoms with Gasteiger partial charge in [0.1, 0.15) is 0 Å². The Balaban J connectivity index is 2.00. The fourth-order valence-corrected chi connectivity index (χ4v) is 1.60. The van der Waals surface area contributed by atoms with Crippen molar-refractivity contribution in [2.75, 3.05) is 12.8 Å². The highest BCUT2D eigenvalue weighted by Gasteiger charge is 2.18. The lowest BCUT2D eigenvalue weighted by Crippen LogP contribution is -1.89. The van der Waals surface area contributed by atoms with Gasteiger partial charge >= 0.3 is 0 Å². The van der Waals surface area contributed by atoms with Gasteiger partial charge in [0.15, 0.2) is 11.5 Å². The molecular weight excluding hydrogens is 266 g/mol. The monoisotopic (exact) mass is 275 g/mol. The van der Waals surface area contributed by atoms with E-state index in [9.17, 15) is 5.11 Å². The predicted octanol–water partition coefficient (Wildman–Crippen LogP) is 1.08. The summed E-state index contributed by atoms with van der Waals surface area (Å²) < 4.78 is 14.5. The molecule has 0 radical (unpaired) electrons. The summed E-state index contributed by atoms with van der Waals surface area (Å²) in [6.07, 6.45) is 0. The minimum atomic E-state index is 0.0184. The Morgan fingerprint density at radius 3 is 2.80 bits per heavy atom. The number of nitrogens with two attached hydrogens (primary N) is 1. The third-order valence-electron chi connectivity index (χ3n) is 2.58. The van der Waals surface area contributed by atoms with Crippen LogP contribution in [0.15, 0.2) is 27.4 Å². The summed E-state index contributed by atoms with van der Waals surface area (Å²) in [4.78, 5) is 4.13. The van der Waals surface area contributed by atoms with Gasteiger partial charge in [0.2, 0.25) is 17.3 Å². The van der Waals surface area contributed by atoms with E-state index < -0.39 is 0 Å². The fraction of sp³-hybridized carbons (Fsp3) is 0.0909. The summed E-state index contributed by atoms with van der Waals surface area (Å²) >= 11 is 0. The molecule has 0 bridgehead atoms. The highest BCUT2D eigenvalue weighted by molar-refractivity contribution is 5.65. The van der Waals surface area contributed by atoms with Crippen LogP contribution in [0, 0.1) is 0 Å². The molecule has 2 heterocycles. The second-order valence-electron chi connectivity index (χ2n) is 3.81. The van der Waals surface area contributed by atoms with Crippen LogP contribution < -0.4 is 10.5 Å². The summed E-state index contributed by atoms with van der Waals surface area (Å²) in [5.41, 5.74) is 6.31. The number of hydrogen-bond donors (Lipinski definition) is 2. The number of ether oxygens (including phenoxy) is 1. The van der Waals surface area contributed by atoms with Gasteiger partial charge in [-0.25, -0.2) is 4.63 Å². The number of aromatic hydroxyl groups is 1. The largest absolute Gasteiger partial charge is 0.504 e. The van der Waals surface area contributed by atoms with E-state index in [1.165, 1.54) is 13.2 Å². The van der Waals surface area contributed by atoms with Gasteiger partial charge < -0.3 is 20.1 Å². The third-order valence-corrected chi connectivity index (χ3v) is 2.58. The van der Waals surface area contributed by atoms with E-state index in [2.05, 4.69) is 25.1 Å². The maximum atomic E-state index is 9.54. The molecule has 0 aliphatic carbocycles. The van der Waals surface area contributed by atoms with Crippen LogP contribution in [0.3, 0.4) is 0 Å². The van der Waals surface area contributed by atoms with Crippen LogP contribution in [0.25, 0.3) is 23.0 Å². The molecule has 0 saturated heterocycles. The Morgan fingerprint density at radius 2 is 2.10 bits per heavy atom. The summed E-state index contributed by atoms with van der Waals surface area (Å²) in [7, 11) is 1.45. The Bertz CT molecular complexity index is 751. The van der Waals surface area contributed by atoms with E-state index in [-0.39, 0.29) is 23.2 Å². The Labute approximate surface area is 111 Å². The molecule has 0 saturated carbocycles. The Morgan fingerprint density at radius 1 is 1.25 bits per heavy atom. The molecular formula is C11H9N5O4. The second-order valence-corrected chi connectivity index (χ2v) is 3.81. The van der Waals surface area contributed by atoms with Crippen molar-refractivity contribution in [3.63, 3.8) is 0 Å². The number of nitrogen functional groups attached to an aromatic ring is 1. The minimum absolute atomic E-state index is 0.0184. The van der Waals surface area contributed by atoms with Crippen molar-refractivity contribution < 1.29 is 19.0 Å². The van der Waals surface area contributed by atoms with E-state index in [0.717, 1.165) is 0 Å². The maximum Gasteiger partial charge on any atom is 0.284 e. The first-order valence-corrected chi connectivity index (χ1v) is 5.48. The molecule has 0 fully saturated rings. The number of methoxy groups -OCH3 is 1. The molecule has 0 atom stereocenters. The quantitative estimate of drug-likeness (QED) is 0.719. The zero-order chi connectivity index (χ0) is 14.1. The summed E-state index contributed by atoms with van der Waals surface area (Å²) in [5, 5.41) is 20.3. The van der Waals surface area contributed by atoms with Crippen molar-refractivity contribution in [3.8, 4) is 34.5 Å². The molecule has 0 amide bonds. The molecule has 9 heteroatoms. The average molecular weight is 275 g/mol. The van der Waals surface area contributed by atoms with E-state index in [0.29, 0.717) is 17.1 Å². The first-order chi connectivity index (χ1) is 9.69. The second kappa shape index (κ2) is 4.53. The van der Waals surface area contributed by atoms with E-state index >= 15 is 0 Å². The third kappa shape index (κ3) is 1.90. The molecule has 0 unspecified atom stereocenters. The number of benzene rings is 1. The van der Waals surface area contributed by atoms with Crippen LogP contribution in [0.4, 0.5) is 5.82 Å². The average Bonchev–Trinajstić information content (AvgIpc) is 3.08. The first kappa shape index (κ1) is 12.0. The molecule has 20 heavy (non-hydrogen) atoms. The summed E-state index contributed by atoms with van der Waals surface area (Å²) in [6.45, 7) is 0. The molecule has 1 aromatic carbocycles. The molecule has 0 spiro atoms. The van der Waals surface area contributed by atoms with Gasteiger partial charge in [-0.05, 0) is 28.5 Å². The Kier molecular flexibility index (Phi) is 2.71. The van der Waals surface area contributed by atoms with E-state index in [1.54, 1.807) is 12.1 Å². The van der Waals surface area contributed by atoms with Crippen molar-refractivity contribution in [2.24, 2.45) is 0 Å². The van der Waals surface area contributed by atoms with Crippen molar-refractivity contribution in [1.29, 1.82) is 0 Å². The van der Waals surface area contributed by atoms with E-state index in [1.807, 2.05) is 0 Å². The number of aromatic nitrogens is 4. The lowest BCUT2D eigenvalue weighted by molar-refractivity contribution is 0.308. The molecule has 3 N–H and O–H groups in total. The fourth-order valence-electron chi connectivity index (χ4n) is 1.60. The molecule has 9 nitrogen and oxygen atoms in total. The smallest absolute Gasteiger partial charge is 0.284 e. The molecule has 0 aliphatic rings. The summed E-state index contributed by atoms with van der Waals surface area (Å²) in [6, 6.07) is 4.67. The van der Waals surface area contributed by atoms with Crippen molar-refractivity contribution in [3.05, 3.63) is 18.2 Å². The first-order valence-electron chi connectivity index (χ1n) is 5.48. The zero-order valence-corrected chi connectivity index (χ0v) is 10.3. The van der Waals surface area contributed by atoms with Crippen LogP contribution in [0.2, 0.25) is 0 Å². The highest BCUT2D eigenvalue weighted by atomic mass is 16.6. The normalized spacial score (nSPS) is 10.7. The molecule has 102 valence electrons. The van der Waals surface area contributed by atoms with E-state index in [4.69, 9.17) is 15.0 Å². The van der Waals surface area contributed by atoms with Gasteiger partial charge in [-0.2, -0.15) is 4.98 Å². The number of nitrogens with zero attached hydrogens (tertiary/aromatic N) is 4. The number of hydrogen-bond acceptors (Lipinski definition) is 9. The molecule has 0 aliphatic heterocycles. The van der Waals surface area contributed by atoms with Gasteiger partial charge in [0, 0.05) is 5.56 Å². The highest BCUT2D eigenvalue weighted by Crippen LogP contribution is 2.31. The van der Waals surface area contributed by atoms with Crippen LogP contribution >= 0.6 is 0 Å². The van der Waals surface area contributed by atoms with Gasteiger partial charge in [-0.1, -0.05) is 5.16 Å². The molecule has 3 aromatic rings.